The normalized spacial score (nSPS) is 12.1. The molecule has 0 heterocycles. The molecule has 1 atom stereocenters. The molecular formula is C31H29FO. The van der Waals surface area contributed by atoms with E-state index in [4.69, 9.17) is 4.74 Å². The topological polar surface area (TPSA) is 9.23 Å². The molecule has 0 N–H and O–H groups in total. The number of rotatable bonds is 8. The highest BCUT2D eigenvalue weighted by Gasteiger charge is 2.08. The quantitative estimate of drug-likeness (QED) is 0.252. The first-order valence-corrected chi connectivity index (χ1v) is 11.5. The SMILES string of the molecule is CCOc1ccc(/C=C/c2ccc(-c3ccc(CC(C)c4ccccc4)cc3)cc2F)cc1. The molecule has 0 aliphatic rings. The van der Waals surface area contributed by atoms with E-state index in [0.29, 0.717) is 18.1 Å². The maximum Gasteiger partial charge on any atom is 0.131 e. The van der Waals surface area contributed by atoms with Gasteiger partial charge in [-0.3, -0.25) is 0 Å². The summed E-state index contributed by atoms with van der Waals surface area (Å²) in [6.07, 6.45) is 4.70. The van der Waals surface area contributed by atoms with Gasteiger partial charge in [0, 0.05) is 5.56 Å². The Balaban J connectivity index is 1.43. The number of benzene rings is 4. The van der Waals surface area contributed by atoms with Crippen LogP contribution in [-0.2, 0) is 6.42 Å². The van der Waals surface area contributed by atoms with Crippen molar-refractivity contribution in [2.45, 2.75) is 26.2 Å². The first-order chi connectivity index (χ1) is 16.1. The second-order valence-corrected chi connectivity index (χ2v) is 8.28. The summed E-state index contributed by atoms with van der Waals surface area (Å²) in [5.41, 5.74) is 6.10. The maximum absolute atomic E-state index is 14.8. The molecule has 0 radical (unpaired) electrons. The van der Waals surface area contributed by atoms with E-state index in [-0.39, 0.29) is 5.82 Å². The fraction of sp³-hybridized carbons (Fsp3) is 0.161. The molecule has 0 aliphatic heterocycles. The van der Waals surface area contributed by atoms with Crippen molar-refractivity contribution in [1.82, 2.24) is 0 Å². The lowest BCUT2D eigenvalue weighted by Gasteiger charge is -2.12. The Bertz CT molecular complexity index is 1190. The van der Waals surface area contributed by atoms with E-state index in [1.54, 1.807) is 6.07 Å². The summed E-state index contributed by atoms with van der Waals surface area (Å²) in [4.78, 5) is 0. The summed E-state index contributed by atoms with van der Waals surface area (Å²) in [5, 5.41) is 0. The lowest BCUT2D eigenvalue weighted by Crippen LogP contribution is -1.98. The van der Waals surface area contributed by atoms with E-state index in [2.05, 4.69) is 55.5 Å². The van der Waals surface area contributed by atoms with Crippen LogP contribution >= 0.6 is 0 Å². The van der Waals surface area contributed by atoms with Gasteiger partial charge in [0.1, 0.15) is 11.6 Å². The van der Waals surface area contributed by atoms with Crippen LogP contribution in [0.25, 0.3) is 23.3 Å². The standard InChI is InChI=1S/C31H29FO/c1-3-33-30-19-12-24(13-20-30)9-16-28-17-18-29(22-31(28)32)27-14-10-25(11-15-27)21-23(2)26-7-5-4-6-8-26/h4-20,22-23H,3,21H2,1-2H3/b16-9+. The molecule has 0 spiro atoms. The highest BCUT2D eigenvalue weighted by molar-refractivity contribution is 5.72. The van der Waals surface area contributed by atoms with Gasteiger partial charge in [-0.2, -0.15) is 0 Å². The number of hydrogen-bond acceptors (Lipinski definition) is 1. The molecule has 1 nitrogen and oxygen atoms in total. The Labute approximate surface area is 196 Å². The third-order valence-electron chi connectivity index (χ3n) is 5.84. The molecule has 2 heteroatoms. The van der Waals surface area contributed by atoms with Crippen molar-refractivity contribution in [2.24, 2.45) is 0 Å². The second-order valence-electron chi connectivity index (χ2n) is 8.28. The van der Waals surface area contributed by atoms with Crippen molar-refractivity contribution < 1.29 is 9.13 Å². The Morgan fingerprint density at radius 3 is 2.15 bits per heavy atom. The fourth-order valence-electron chi connectivity index (χ4n) is 3.96. The summed E-state index contributed by atoms with van der Waals surface area (Å²) in [6.45, 7) is 4.85. The lowest BCUT2D eigenvalue weighted by molar-refractivity contribution is 0.340. The van der Waals surface area contributed by atoms with E-state index in [1.165, 1.54) is 11.1 Å². The van der Waals surface area contributed by atoms with Crippen LogP contribution in [0, 0.1) is 5.82 Å². The van der Waals surface area contributed by atoms with Crippen LogP contribution in [0.5, 0.6) is 5.75 Å². The molecule has 0 saturated carbocycles. The second kappa shape index (κ2) is 10.8. The molecule has 0 saturated heterocycles. The molecule has 4 aromatic rings. The van der Waals surface area contributed by atoms with Crippen LogP contribution < -0.4 is 4.74 Å². The van der Waals surface area contributed by atoms with E-state index >= 15 is 0 Å². The highest BCUT2D eigenvalue weighted by Crippen LogP contribution is 2.26. The Hall–Kier alpha value is -3.65. The minimum atomic E-state index is -0.225. The van der Waals surface area contributed by atoms with Crippen LogP contribution in [0.1, 0.15) is 42.0 Å². The summed E-state index contributed by atoms with van der Waals surface area (Å²) in [6, 6.07) is 32.2. The number of halogens is 1. The third-order valence-corrected chi connectivity index (χ3v) is 5.84. The maximum atomic E-state index is 14.8. The Kier molecular flexibility index (Phi) is 7.36. The summed E-state index contributed by atoms with van der Waals surface area (Å²) < 4.78 is 20.2. The van der Waals surface area contributed by atoms with Gasteiger partial charge in [-0.1, -0.05) is 97.9 Å². The van der Waals surface area contributed by atoms with Crippen LogP contribution in [0.15, 0.2) is 97.1 Å². The van der Waals surface area contributed by atoms with Gasteiger partial charge < -0.3 is 4.74 Å². The van der Waals surface area contributed by atoms with Gasteiger partial charge in [0.25, 0.3) is 0 Å². The minimum Gasteiger partial charge on any atom is -0.494 e. The number of hydrogen-bond donors (Lipinski definition) is 0. The van der Waals surface area contributed by atoms with Crippen molar-refractivity contribution in [3.63, 3.8) is 0 Å². The third kappa shape index (κ3) is 5.98. The molecule has 0 bridgehead atoms. The van der Waals surface area contributed by atoms with Crippen LogP contribution in [0.2, 0.25) is 0 Å². The Morgan fingerprint density at radius 2 is 1.48 bits per heavy atom. The van der Waals surface area contributed by atoms with Crippen molar-refractivity contribution in [3.8, 4) is 16.9 Å². The molecule has 4 aromatic carbocycles. The highest BCUT2D eigenvalue weighted by atomic mass is 19.1. The van der Waals surface area contributed by atoms with Gasteiger partial charge >= 0.3 is 0 Å². The average molecular weight is 437 g/mol. The lowest BCUT2D eigenvalue weighted by atomic mass is 9.93. The van der Waals surface area contributed by atoms with Crippen molar-refractivity contribution >= 4 is 12.2 Å². The average Bonchev–Trinajstić information content (AvgIpc) is 2.85. The first kappa shape index (κ1) is 22.5. The van der Waals surface area contributed by atoms with Crippen molar-refractivity contribution in [1.29, 1.82) is 0 Å². The van der Waals surface area contributed by atoms with Gasteiger partial charge in [-0.05, 0) is 65.3 Å². The van der Waals surface area contributed by atoms with E-state index in [1.807, 2.05) is 61.5 Å². The fourth-order valence-corrected chi connectivity index (χ4v) is 3.96. The molecule has 33 heavy (non-hydrogen) atoms. The summed E-state index contributed by atoms with van der Waals surface area (Å²) in [5.74, 6) is 1.07. The molecule has 0 aliphatic carbocycles. The van der Waals surface area contributed by atoms with E-state index in [9.17, 15) is 4.39 Å². The van der Waals surface area contributed by atoms with Gasteiger partial charge in [0.2, 0.25) is 0 Å². The van der Waals surface area contributed by atoms with Crippen molar-refractivity contribution in [2.75, 3.05) is 6.61 Å². The predicted octanol–water partition coefficient (Wildman–Crippen LogP) is 8.41. The van der Waals surface area contributed by atoms with Gasteiger partial charge in [0.05, 0.1) is 6.61 Å². The van der Waals surface area contributed by atoms with Gasteiger partial charge in [-0.25, -0.2) is 4.39 Å². The van der Waals surface area contributed by atoms with Crippen LogP contribution in [0.3, 0.4) is 0 Å². The van der Waals surface area contributed by atoms with Crippen LogP contribution in [-0.4, -0.2) is 6.61 Å². The van der Waals surface area contributed by atoms with Gasteiger partial charge in [-0.15, -0.1) is 0 Å². The molecule has 0 fully saturated rings. The van der Waals surface area contributed by atoms with Crippen LogP contribution in [0.4, 0.5) is 4.39 Å². The van der Waals surface area contributed by atoms with Gasteiger partial charge in [0.15, 0.2) is 0 Å². The zero-order valence-electron chi connectivity index (χ0n) is 19.2. The zero-order valence-corrected chi connectivity index (χ0v) is 19.2. The zero-order chi connectivity index (χ0) is 23.0. The Morgan fingerprint density at radius 1 is 0.788 bits per heavy atom. The molecule has 4 rings (SSSR count). The largest absolute Gasteiger partial charge is 0.494 e. The van der Waals surface area contributed by atoms with E-state index in [0.717, 1.165) is 28.9 Å². The monoisotopic (exact) mass is 436 g/mol. The summed E-state index contributed by atoms with van der Waals surface area (Å²) in [7, 11) is 0. The summed E-state index contributed by atoms with van der Waals surface area (Å²) >= 11 is 0. The number of ether oxygens (including phenoxy) is 1. The minimum absolute atomic E-state index is 0.225. The molecular weight excluding hydrogens is 407 g/mol. The molecule has 0 aromatic heterocycles. The smallest absolute Gasteiger partial charge is 0.131 e. The molecule has 1 unspecified atom stereocenters. The van der Waals surface area contributed by atoms with E-state index < -0.39 is 0 Å². The predicted molar refractivity (Wildman–Crippen MR) is 137 cm³/mol. The first-order valence-electron chi connectivity index (χ1n) is 11.5. The molecule has 0 amide bonds. The van der Waals surface area contributed by atoms with Crippen molar-refractivity contribution in [3.05, 3.63) is 125 Å². The molecule has 166 valence electrons.